The van der Waals surface area contributed by atoms with E-state index in [0.717, 1.165) is 55.0 Å². The van der Waals surface area contributed by atoms with E-state index in [2.05, 4.69) is 20.5 Å². The third kappa shape index (κ3) is 4.66. The molecule has 6 nitrogen and oxygen atoms in total. The van der Waals surface area contributed by atoms with Gasteiger partial charge in [-0.3, -0.25) is 4.90 Å². The van der Waals surface area contributed by atoms with E-state index < -0.39 is 0 Å². The number of benzene rings is 1. The Hall–Kier alpha value is -2.21. The lowest BCUT2D eigenvalue weighted by atomic mass is 10.1. The van der Waals surface area contributed by atoms with Gasteiger partial charge in [0.2, 0.25) is 0 Å². The van der Waals surface area contributed by atoms with Gasteiger partial charge in [-0.25, -0.2) is 14.8 Å². The van der Waals surface area contributed by atoms with E-state index in [1.54, 1.807) is 0 Å². The van der Waals surface area contributed by atoms with Crippen LogP contribution >= 0.6 is 0 Å². The van der Waals surface area contributed by atoms with E-state index in [0.29, 0.717) is 5.92 Å². The molecular formula is C19H27N5O. The fourth-order valence-corrected chi connectivity index (χ4v) is 3.26. The number of carbonyl (C=O) groups is 1. The van der Waals surface area contributed by atoms with Gasteiger partial charge < -0.3 is 10.6 Å². The standard InChI is InChI=1S/C19H27N5O/c1-13(2)21-19(25)20-10-15-8-9-24(11-15)12-18-14(3)22-16-6-4-5-7-17(16)23-18/h4-7,13,15H,8-12H2,1-3H3,(H2,20,21,25). The minimum absolute atomic E-state index is 0.0790. The summed E-state index contributed by atoms with van der Waals surface area (Å²) in [6.07, 6.45) is 1.10. The highest BCUT2D eigenvalue weighted by Gasteiger charge is 2.24. The number of carbonyl (C=O) groups excluding carboxylic acids is 1. The number of rotatable bonds is 5. The molecule has 1 atom stereocenters. The first-order valence-corrected chi connectivity index (χ1v) is 9.00. The van der Waals surface area contributed by atoms with Crippen molar-refractivity contribution in [1.82, 2.24) is 25.5 Å². The predicted octanol–water partition coefficient (Wildman–Crippen LogP) is 2.47. The van der Waals surface area contributed by atoms with E-state index in [1.807, 2.05) is 45.0 Å². The molecule has 2 heterocycles. The number of hydrogen-bond donors (Lipinski definition) is 2. The predicted molar refractivity (Wildman–Crippen MR) is 99.3 cm³/mol. The Balaban J connectivity index is 1.55. The molecule has 1 aromatic carbocycles. The van der Waals surface area contributed by atoms with Crippen LogP contribution in [0.5, 0.6) is 0 Å². The number of hydrogen-bond acceptors (Lipinski definition) is 4. The van der Waals surface area contributed by atoms with Gasteiger partial charge in [-0.1, -0.05) is 12.1 Å². The summed E-state index contributed by atoms with van der Waals surface area (Å²) in [5.74, 6) is 0.492. The molecule has 2 N–H and O–H groups in total. The largest absolute Gasteiger partial charge is 0.338 e. The second-order valence-corrected chi connectivity index (χ2v) is 7.14. The van der Waals surface area contributed by atoms with Crippen LogP contribution in [0.15, 0.2) is 24.3 Å². The molecule has 2 aromatic rings. The van der Waals surface area contributed by atoms with Gasteiger partial charge in [0, 0.05) is 25.7 Å². The zero-order valence-corrected chi connectivity index (χ0v) is 15.2. The molecule has 0 saturated carbocycles. The molecule has 6 heteroatoms. The Labute approximate surface area is 149 Å². The number of aromatic nitrogens is 2. The van der Waals surface area contributed by atoms with Crippen LogP contribution in [0.3, 0.4) is 0 Å². The maximum Gasteiger partial charge on any atom is 0.314 e. The molecule has 0 radical (unpaired) electrons. The van der Waals surface area contributed by atoms with Gasteiger partial charge in [-0.15, -0.1) is 0 Å². The molecule has 3 rings (SSSR count). The molecule has 1 fully saturated rings. The molecule has 2 amide bonds. The van der Waals surface area contributed by atoms with Gasteiger partial charge >= 0.3 is 6.03 Å². The van der Waals surface area contributed by atoms with Crippen molar-refractivity contribution in [3.05, 3.63) is 35.7 Å². The van der Waals surface area contributed by atoms with Crippen LogP contribution in [-0.4, -0.2) is 46.6 Å². The Morgan fingerprint density at radius 3 is 2.72 bits per heavy atom. The van der Waals surface area contributed by atoms with Crippen molar-refractivity contribution >= 4 is 17.1 Å². The van der Waals surface area contributed by atoms with E-state index in [9.17, 15) is 4.79 Å². The summed E-state index contributed by atoms with van der Waals surface area (Å²) in [7, 11) is 0. The third-order valence-corrected chi connectivity index (χ3v) is 4.56. The molecule has 134 valence electrons. The van der Waals surface area contributed by atoms with Crippen LogP contribution < -0.4 is 10.6 Å². The summed E-state index contributed by atoms with van der Waals surface area (Å²) in [5, 5.41) is 5.83. The van der Waals surface area contributed by atoms with E-state index >= 15 is 0 Å². The quantitative estimate of drug-likeness (QED) is 0.876. The molecule has 1 unspecified atom stereocenters. The number of nitrogens with one attached hydrogen (secondary N) is 2. The number of likely N-dealkylation sites (tertiary alicyclic amines) is 1. The SMILES string of the molecule is Cc1nc2ccccc2nc1CN1CCC(CNC(=O)NC(C)C)C1. The van der Waals surface area contributed by atoms with Crippen LogP contribution in [0.25, 0.3) is 11.0 Å². The van der Waals surface area contributed by atoms with E-state index in [1.165, 1.54) is 0 Å². The van der Waals surface area contributed by atoms with Gasteiger partial charge in [-0.2, -0.15) is 0 Å². The molecule has 25 heavy (non-hydrogen) atoms. The summed E-state index contributed by atoms with van der Waals surface area (Å²) < 4.78 is 0. The first kappa shape index (κ1) is 17.6. The van der Waals surface area contributed by atoms with Crippen molar-refractivity contribution in [2.24, 2.45) is 5.92 Å². The van der Waals surface area contributed by atoms with Crippen LogP contribution in [-0.2, 0) is 6.54 Å². The number of fused-ring (bicyclic) bond motifs is 1. The minimum atomic E-state index is -0.0790. The fourth-order valence-electron chi connectivity index (χ4n) is 3.26. The van der Waals surface area contributed by atoms with Crippen molar-refractivity contribution in [3.63, 3.8) is 0 Å². The average molecular weight is 341 g/mol. The number of amides is 2. The number of aryl methyl sites for hydroxylation is 1. The monoisotopic (exact) mass is 341 g/mol. The maximum absolute atomic E-state index is 11.7. The zero-order chi connectivity index (χ0) is 17.8. The summed E-state index contributed by atoms with van der Waals surface area (Å²) in [4.78, 5) is 23.6. The second kappa shape index (κ2) is 7.78. The fraction of sp³-hybridized carbons (Fsp3) is 0.526. The summed E-state index contributed by atoms with van der Waals surface area (Å²) >= 11 is 0. The molecule has 1 saturated heterocycles. The Morgan fingerprint density at radius 1 is 1.28 bits per heavy atom. The van der Waals surface area contributed by atoms with Gasteiger partial charge in [0.25, 0.3) is 0 Å². The minimum Gasteiger partial charge on any atom is -0.338 e. The first-order valence-electron chi connectivity index (χ1n) is 9.00. The summed E-state index contributed by atoms with van der Waals surface area (Å²) in [6.45, 7) is 9.51. The molecule has 0 bridgehead atoms. The Morgan fingerprint density at radius 2 is 2.00 bits per heavy atom. The Bertz CT molecular complexity index is 746. The van der Waals surface area contributed by atoms with Crippen molar-refractivity contribution in [1.29, 1.82) is 0 Å². The van der Waals surface area contributed by atoms with Gasteiger partial charge in [0.15, 0.2) is 0 Å². The normalized spacial score (nSPS) is 18.0. The molecule has 0 spiro atoms. The zero-order valence-electron chi connectivity index (χ0n) is 15.2. The lowest BCUT2D eigenvalue weighted by molar-refractivity contribution is 0.236. The molecule has 1 aliphatic heterocycles. The Kier molecular flexibility index (Phi) is 5.48. The number of urea groups is 1. The first-order chi connectivity index (χ1) is 12.0. The highest BCUT2D eigenvalue weighted by Crippen LogP contribution is 2.20. The molecule has 1 aromatic heterocycles. The molecular weight excluding hydrogens is 314 g/mol. The van der Waals surface area contributed by atoms with Gasteiger partial charge in [0.1, 0.15) is 0 Å². The van der Waals surface area contributed by atoms with Gasteiger partial charge in [0.05, 0.1) is 22.4 Å². The maximum atomic E-state index is 11.7. The molecule has 0 aliphatic carbocycles. The number of para-hydroxylation sites is 2. The van der Waals surface area contributed by atoms with Crippen molar-refractivity contribution < 1.29 is 4.79 Å². The summed E-state index contributed by atoms with van der Waals surface area (Å²) in [6, 6.07) is 8.08. The topological polar surface area (TPSA) is 70.2 Å². The molecule has 1 aliphatic rings. The average Bonchev–Trinajstić information content (AvgIpc) is 3.00. The highest BCUT2D eigenvalue weighted by atomic mass is 16.2. The van der Waals surface area contributed by atoms with E-state index in [-0.39, 0.29) is 12.1 Å². The highest BCUT2D eigenvalue weighted by molar-refractivity contribution is 5.74. The van der Waals surface area contributed by atoms with Crippen molar-refractivity contribution in [3.8, 4) is 0 Å². The lowest BCUT2D eigenvalue weighted by Gasteiger charge is -2.17. The number of nitrogens with zero attached hydrogens (tertiary/aromatic N) is 3. The lowest BCUT2D eigenvalue weighted by Crippen LogP contribution is -2.41. The van der Waals surface area contributed by atoms with Gasteiger partial charge in [-0.05, 0) is 51.8 Å². The van der Waals surface area contributed by atoms with Crippen molar-refractivity contribution in [2.45, 2.75) is 39.8 Å². The van der Waals surface area contributed by atoms with Crippen molar-refractivity contribution in [2.75, 3.05) is 19.6 Å². The summed E-state index contributed by atoms with van der Waals surface area (Å²) in [5.41, 5.74) is 3.94. The van der Waals surface area contributed by atoms with Crippen LogP contribution in [0, 0.1) is 12.8 Å². The van der Waals surface area contributed by atoms with E-state index in [4.69, 9.17) is 4.98 Å². The van der Waals surface area contributed by atoms with Crippen LogP contribution in [0.1, 0.15) is 31.7 Å². The van der Waals surface area contributed by atoms with Crippen LogP contribution in [0.2, 0.25) is 0 Å². The second-order valence-electron chi connectivity index (χ2n) is 7.14. The van der Waals surface area contributed by atoms with Crippen LogP contribution in [0.4, 0.5) is 4.79 Å². The smallest absolute Gasteiger partial charge is 0.314 e. The third-order valence-electron chi connectivity index (χ3n) is 4.56.